The maximum Gasteiger partial charge on any atom is 0.258 e. The Balaban J connectivity index is 1.55. The number of rotatable bonds is 3. The van der Waals surface area contributed by atoms with Crippen LogP contribution in [0.5, 0.6) is 0 Å². The van der Waals surface area contributed by atoms with E-state index in [0.29, 0.717) is 0 Å². The molecule has 1 saturated heterocycles. The number of para-hydroxylation sites is 1. The summed E-state index contributed by atoms with van der Waals surface area (Å²) in [5, 5.41) is 0. The van der Waals surface area contributed by atoms with Crippen LogP contribution in [0.2, 0.25) is 0 Å². The van der Waals surface area contributed by atoms with E-state index in [0.717, 1.165) is 69.2 Å². The van der Waals surface area contributed by atoms with Crippen molar-refractivity contribution in [2.24, 2.45) is 0 Å². The molecule has 0 spiro atoms. The average molecular weight is 350 g/mol. The van der Waals surface area contributed by atoms with Crippen molar-refractivity contribution in [2.75, 3.05) is 49.1 Å². The second-order valence-electron chi connectivity index (χ2n) is 7.01. The molecule has 0 bridgehead atoms. The number of likely N-dealkylation sites (N-methyl/N-ethyl adjacent to an activating group) is 1. The van der Waals surface area contributed by atoms with Gasteiger partial charge in [-0.15, -0.1) is 0 Å². The van der Waals surface area contributed by atoms with Crippen molar-refractivity contribution >= 4 is 17.4 Å². The summed E-state index contributed by atoms with van der Waals surface area (Å²) in [7, 11) is 0. The zero-order valence-electron chi connectivity index (χ0n) is 15.4. The van der Waals surface area contributed by atoms with Gasteiger partial charge in [0.05, 0.1) is 0 Å². The van der Waals surface area contributed by atoms with E-state index in [2.05, 4.69) is 33.8 Å². The van der Waals surface area contributed by atoms with Crippen LogP contribution in [0.4, 0.5) is 11.5 Å². The number of hydrogen-bond acceptors (Lipinski definition) is 4. The molecular weight excluding hydrogens is 324 g/mol. The van der Waals surface area contributed by atoms with Gasteiger partial charge in [0.1, 0.15) is 5.82 Å². The summed E-state index contributed by atoms with van der Waals surface area (Å²) in [6.07, 6.45) is 3.83. The highest BCUT2D eigenvalue weighted by molar-refractivity contribution is 6.07. The number of aryl methyl sites for hydroxylation is 1. The number of hydrogen-bond donors (Lipinski definition) is 0. The smallest absolute Gasteiger partial charge is 0.258 e. The Morgan fingerprint density at radius 3 is 2.69 bits per heavy atom. The number of pyridine rings is 1. The first-order valence-corrected chi connectivity index (χ1v) is 9.59. The molecule has 5 heteroatoms. The fourth-order valence-electron chi connectivity index (χ4n) is 3.92. The van der Waals surface area contributed by atoms with Gasteiger partial charge in [-0.25, -0.2) is 4.98 Å². The van der Waals surface area contributed by atoms with Crippen LogP contribution in [-0.2, 0) is 6.42 Å². The number of benzene rings is 1. The van der Waals surface area contributed by atoms with Crippen LogP contribution in [0.15, 0.2) is 42.6 Å². The van der Waals surface area contributed by atoms with Crippen molar-refractivity contribution in [3.8, 4) is 0 Å². The van der Waals surface area contributed by atoms with Crippen molar-refractivity contribution < 1.29 is 4.79 Å². The summed E-state index contributed by atoms with van der Waals surface area (Å²) in [6.45, 7) is 8.10. The van der Waals surface area contributed by atoms with Gasteiger partial charge in [0.15, 0.2) is 0 Å². The Kier molecular flexibility index (Phi) is 4.89. The number of anilines is 2. The average Bonchev–Trinajstić information content (AvgIpc) is 2.73. The third kappa shape index (κ3) is 3.31. The standard InChI is InChI=1S/C21H26N4O/c1-2-23-12-14-24(15-13-23)20-16-18(9-10-22-20)21(26)25-11-5-7-17-6-3-4-8-19(17)25/h3-4,6,8-10,16H,2,5,7,11-15H2,1H3. The zero-order valence-corrected chi connectivity index (χ0v) is 15.4. The first-order valence-electron chi connectivity index (χ1n) is 9.59. The Bertz CT molecular complexity index is 783. The Labute approximate surface area is 155 Å². The molecule has 0 aliphatic carbocycles. The minimum Gasteiger partial charge on any atom is -0.354 e. The first-order chi connectivity index (χ1) is 12.8. The lowest BCUT2D eigenvalue weighted by molar-refractivity contribution is 0.0985. The van der Waals surface area contributed by atoms with Crippen molar-refractivity contribution in [1.29, 1.82) is 0 Å². The summed E-state index contributed by atoms with van der Waals surface area (Å²) in [6, 6.07) is 12.0. The molecule has 1 aromatic heterocycles. The van der Waals surface area contributed by atoms with Crippen LogP contribution in [0, 0.1) is 0 Å². The molecule has 1 amide bonds. The highest BCUT2D eigenvalue weighted by atomic mass is 16.2. The summed E-state index contributed by atoms with van der Waals surface area (Å²) < 4.78 is 0. The minimum atomic E-state index is 0.0768. The lowest BCUT2D eigenvalue weighted by Crippen LogP contribution is -2.46. The molecule has 0 saturated carbocycles. The first kappa shape index (κ1) is 17.0. The van der Waals surface area contributed by atoms with Crippen LogP contribution in [-0.4, -0.2) is 55.1 Å². The molecule has 4 rings (SSSR count). The quantitative estimate of drug-likeness (QED) is 0.853. The van der Waals surface area contributed by atoms with Gasteiger partial charge < -0.3 is 14.7 Å². The lowest BCUT2D eigenvalue weighted by atomic mass is 10.0. The molecule has 0 atom stereocenters. The molecule has 2 aliphatic rings. The van der Waals surface area contributed by atoms with Crippen LogP contribution in [0.1, 0.15) is 29.3 Å². The molecule has 5 nitrogen and oxygen atoms in total. The molecule has 1 aromatic carbocycles. The summed E-state index contributed by atoms with van der Waals surface area (Å²) in [4.78, 5) is 24.3. The number of fused-ring (bicyclic) bond motifs is 1. The van der Waals surface area contributed by atoms with E-state index in [1.165, 1.54) is 5.56 Å². The Morgan fingerprint density at radius 1 is 1.08 bits per heavy atom. The van der Waals surface area contributed by atoms with Crippen LogP contribution >= 0.6 is 0 Å². The number of piperazine rings is 1. The Morgan fingerprint density at radius 2 is 1.88 bits per heavy atom. The van der Waals surface area contributed by atoms with E-state index in [1.54, 1.807) is 6.20 Å². The van der Waals surface area contributed by atoms with E-state index in [-0.39, 0.29) is 5.91 Å². The van der Waals surface area contributed by atoms with Crippen molar-refractivity contribution in [3.05, 3.63) is 53.7 Å². The van der Waals surface area contributed by atoms with Crippen molar-refractivity contribution in [2.45, 2.75) is 19.8 Å². The molecule has 0 radical (unpaired) electrons. The van der Waals surface area contributed by atoms with Crippen LogP contribution in [0.25, 0.3) is 0 Å². The van der Waals surface area contributed by atoms with Gasteiger partial charge in [-0.3, -0.25) is 4.79 Å². The van der Waals surface area contributed by atoms with Crippen LogP contribution < -0.4 is 9.80 Å². The summed E-state index contributed by atoms with van der Waals surface area (Å²) in [5.41, 5.74) is 3.04. The zero-order chi connectivity index (χ0) is 17.9. The SMILES string of the molecule is CCN1CCN(c2cc(C(=O)N3CCCc4ccccc43)ccn2)CC1. The largest absolute Gasteiger partial charge is 0.354 e. The van der Waals surface area contributed by atoms with Gasteiger partial charge in [-0.05, 0) is 43.1 Å². The van der Waals surface area contributed by atoms with Crippen molar-refractivity contribution in [3.63, 3.8) is 0 Å². The number of amides is 1. The van der Waals surface area contributed by atoms with Gasteiger partial charge in [-0.1, -0.05) is 25.1 Å². The molecule has 1 fully saturated rings. The summed E-state index contributed by atoms with van der Waals surface area (Å²) in [5.74, 6) is 0.991. The Hall–Kier alpha value is -2.40. The van der Waals surface area contributed by atoms with Crippen LogP contribution in [0.3, 0.4) is 0 Å². The number of aromatic nitrogens is 1. The lowest BCUT2D eigenvalue weighted by Gasteiger charge is -2.35. The number of carbonyl (C=O) groups is 1. The van der Waals surface area contributed by atoms with Gasteiger partial charge in [0.2, 0.25) is 0 Å². The topological polar surface area (TPSA) is 39.7 Å². The molecule has 3 heterocycles. The third-order valence-electron chi connectivity index (χ3n) is 5.49. The van der Waals surface area contributed by atoms with E-state index >= 15 is 0 Å². The number of carbonyl (C=O) groups excluding carboxylic acids is 1. The molecule has 2 aromatic rings. The minimum absolute atomic E-state index is 0.0768. The maximum absolute atomic E-state index is 13.2. The molecule has 26 heavy (non-hydrogen) atoms. The normalized spacial score (nSPS) is 17.9. The second kappa shape index (κ2) is 7.46. The molecule has 136 valence electrons. The molecular formula is C21H26N4O. The van der Waals surface area contributed by atoms with Gasteiger partial charge in [0, 0.05) is 50.2 Å². The van der Waals surface area contributed by atoms with Crippen molar-refractivity contribution in [1.82, 2.24) is 9.88 Å². The van der Waals surface area contributed by atoms with Gasteiger partial charge in [0.25, 0.3) is 5.91 Å². The predicted molar refractivity (Wildman–Crippen MR) is 105 cm³/mol. The highest BCUT2D eigenvalue weighted by Gasteiger charge is 2.24. The van der Waals surface area contributed by atoms with E-state index in [4.69, 9.17) is 0 Å². The van der Waals surface area contributed by atoms with E-state index in [9.17, 15) is 4.79 Å². The second-order valence-corrected chi connectivity index (χ2v) is 7.01. The monoisotopic (exact) mass is 350 g/mol. The third-order valence-corrected chi connectivity index (χ3v) is 5.49. The maximum atomic E-state index is 13.2. The summed E-state index contributed by atoms with van der Waals surface area (Å²) >= 11 is 0. The molecule has 0 unspecified atom stereocenters. The molecule has 0 N–H and O–H groups in total. The van der Waals surface area contributed by atoms with E-state index < -0.39 is 0 Å². The van der Waals surface area contributed by atoms with Gasteiger partial charge >= 0.3 is 0 Å². The number of nitrogens with zero attached hydrogens (tertiary/aromatic N) is 4. The molecule has 2 aliphatic heterocycles. The van der Waals surface area contributed by atoms with Gasteiger partial charge in [-0.2, -0.15) is 0 Å². The predicted octanol–water partition coefficient (Wildman–Crippen LogP) is 2.82. The highest BCUT2D eigenvalue weighted by Crippen LogP contribution is 2.28. The fourth-order valence-corrected chi connectivity index (χ4v) is 3.92. The van der Waals surface area contributed by atoms with E-state index in [1.807, 2.05) is 29.2 Å². The fraction of sp³-hybridized carbons (Fsp3) is 0.429.